The molecule has 0 bridgehead atoms. The maximum Gasteiger partial charge on any atom is 0.166 e. The third-order valence-electron chi connectivity index (χ3n) is 3.24. The average molecular weight is 287 g/mol. The Labute approximate surface area is 121 Å². The molecule has 0 aliphatic carbocycles. The number of furan rings is 1. The van der Waals surface area contributed by atoms with Gasteiger partial charge in [0.25, 0.3) is 0 Å². The zero-order valence-electron chi connectivity index (χ0n) is 11.9. The first-order valence-electron chi connectivity index (χ1n) is 6.81. The molecule has 4 nitrogen and oxygen atoms in total. The van der Waals surface area contributed by atoms with Crippen LogP contribution in [0.25, 0.3) is 21.6 Å². The van der Waals surface area contributed by atoms with Gasteiger partial charge < -0.3 is 9.73 Å². The molecular formula is C15H17N3OS. The van der Waals surface area contributed by atoms with Crippen molar-refractivity contribution in [2.75, 3.05) is 11.9 Å². The maximum atomic E-state index is 5.36. The second kappa shape index (κ2) is 5.25. The highest BCUT2D eigenvalue weighted by atomic mass is 32.1. The third kappa shape index (κ3) is 2.18. The summed E-state index contributed by atoms with van der Waals surface area (Å²) in [4.78, 5) is 11.7. The van der Waals surface area contributed by atoms with Gasteiger partial charge in [0.15, 0.2) is 5.82 Å². The van der Waals surface area contributed by atoms with E-state index >= 15 is 0 Å². The fourth-order valence-corrected chi connectivity index (χ4v) is 3.15. The van der Waals surface area contributed by atoms with Crippen LogP contribution in [0.3, 0.4) is 0 Å². The molecule has 0 atom stereocenters. The lowest BCUT2D eigenvalue weighted by Crippen LogP contribution is -2.01. The Kier molecular flexibility index (Phi) is 3.44. The fourth-order valence-electron chi connectivity index (χ4n) is 2.19. The molecule has 3 rings (SSSR count). The minimum Gasteiger partial charge on any atom is -0.469 e. The smallest absolute Gasteiger partial charge is 0.166 e. The van der Waals surface area contributed by atoms with E-state index in [1.165, 1.54) is 4.88 Å². The van der Waals surface area contributed by atoms with Crippen LogP contribution in [0.2, 0.25) is 0 Å². The van der Waals surface area contributed by atoms with E-state index in [-0.39, 0.29) is 0 Å². The van der Waals surface area contributed by atoms with E-state index in [4.69, 9.17) is 9.40 Å². The molecular weight excluding hydrogens is 270 g/mol. The van der Waals surface area contributed by atoms with E-state index < -0.39 is 0 Å². The van der Waals surface area contributed by atoms with Gasteiger partial charge in [-0.05, 0) is 32.4 Å². The van der Waals surface area contributed by atoms with Crippen molar-refractivity contribution in [3.8, 4) is 11.4 Å². The van der Waals surface area contributed by atoms with Gasteiger partial charge in [-0.15, -0.1) is 11.3 Å². The molecule has 0 saturated carbocycles. The summed E-state index contributed by atoms with van der Waals surface area (Å²) >= 11 is 1.73. The highest BCUT2D eigenvalue weighted by Gasteiger charge is 2.14. The standard InChI is InChI=1S/C15H17N3OS/c1-4-10-8-12-13(16-5-2)17-14(18-15(12)20-10)11-6-7-19-9(11)3/h6-8H,4-5H2,1-3H3,(H,16,17,18). The largest absolute Gasteiger partial charge is 0.469 e. The summed E-state index contributed by atoms with van der Waals surface area (Å²) in [5.41, 5.74) is 0.956. The first kappa shape index (κ1) is 13.1. The number of anilines is 1. The van der Waals surface area contributed by atoms with E-state index in [9.17, 15) is 0 Å². The Balaban J connectivity index is 2.21. The molecule has 3 aromatic rings. The van der Waals surface area contributed by atoms with E-state index in [1.807, 2.05) is 13.0 Å². The van der Waals surface area contributed by atoms with Gasteiger partial charge in [0.1, 0.15) is 16.4 Å². The molecule has 0 aromatic carbocycles. The normalized spacial score (nSPS) is 11.2. The molecule has 0 radical (unpaired) electrons. The van der Waals surface area contributed by atoms with Crippen LogP contribution in [0.1, 0.15) is 24.5 Å². The van der Waals surface area contributed by atoms with Gasteiger partial charge in [-0.1, -0.05) is 6.92 Å². The van der Waals surface area contributed by atoms with Crippen LogP contribution in [0.15, 0.2) is 22.8 Å². The van der Waals surface area contributed by atoms with Crippen molar-refractivity contribution in [1.29, 1.82) is 0 Å². The van der Waals surface area contributed by atoms with Crippen molar-refractivity contribution in [3.63, 3.8) is 0 Å². The lowest BCUT2D eigenvalue weighted by Gasteiger charge is -2.06. The first-order chi connectivity index (χ1) is 9.72. The van der Waals surface area contributed by atoms with Gasteiger partial charge >= 0.3 is 0 Å². The monoisotopic (exact) mass is 287 g/mol. The van der Waals surface area contributed by atoms with Gasteiger partial charge in [-0.2, -0.15) is 0 Å². The molecule has 104 valence electrons. The van der Waals surface area contributed by atoms with Crippen molar-refractivity contribution >= 4 is 27.4 Å². The third-order valence-corrected chi connectivity index (χ3v) is 4.41. The summed E-state index contributed by atoms with van der Waals surface area (Å²) in [5, 5.41) is 4.44. The fraction of sp³-hybridized carbons (Fsp3) is 0.333. The van der Waals surface area contributed by atoms with Crippen LogP contribution < -0.4 is 5.32 Å². The minimum atomic E-state index is 0.726. The molecule has 0 amide bonds. The molecule has 20 heavy (non-hydrogen) atoms. The molecule has 5 heteroatoms. The Hall–Kier alpha value is -1.88. The van der Waals surface area contributed by atoms with Crippen molar-refractivity contribution in [2.24, 2.45) is 0 Å². The summed E-state index contributed by atoms with van der Waals surface area (Å²) in [6, 6.07) is 4.10. The Morgan fingerprint density at radius 1 is 1.30 bits per heavy atom. The summed E-state index contributed by atoms with van der Waals surface area (Å²) in [6.45, 7) is 7.00. The highest BCUT2D eigenvalue weighted by molar-refractivity contribution is 7.18. The summed E-state index contributed by atoms with van der Waals surface area (Å²) < 4.78 is 5.36. The molecule has 3 heterocycles. The molecule has 1 N–H and O–H groups in total. The summed E-state index contributed by atoms with van der Waals surface area (Å²) in [5.74, 6) is 2.48. The van der Waals surface area contributed by atoms with Gasteiger partial charge in [0, 0.05) is 11.4 Å². The van der Waals surface area contributed by atoms with Crippen LogP contribution >= 0.6 is 11.3 Å². The predicted octanol–water partition coefficient (Wildman–Crippen LogP) is 4.25. The molecule has 0 aliphatic rings. The number of aromatic nitrogens is 2. The predicted molar refractivity (Wildman–Crippen MR) is 83.4 cm³/mol. The summed E-state index contributed by atoms with van der Waals surface area (Å²) in [7, 11) is 0. The van der Waals surface area contributed by atoms with Crippen LogP contribution in [-0.4, -0.2) is 16.5 Å². The quantitative estimate of drug-likeness (QED) is 0.779. The number of hydrogen-bond acceptors (Lipinski definition) is 5. The van der Waals surface area contributed by atoms with Crippen LogP contribution in [0, 0.1) is 6.92 Å². The first-order valence-corrected chi connectivity index (χ1v) is 7.63. The molecule has 0 unspecified atom stereocenters. The van der Waals surface area contributed by atoms with Crippen LogP contribution in [-0.2, 0) is 6.42 Å². The Morgan fingerprint density at radius 3 is 2.80 bits per heavy atom. The van der Waals surface area contributed by atoms with Crippen molar-refractivity contribution < 1.29 is 4.42 Å². The van der Waals surface area contributed by atoms with E-state index in [0.717, 1.165) is 46.1 Å². The Morgan fingerprint density at radius 2 is 2.15 bits per heavy atom. The second-order valence-electron chi connectivity index (χ2n) is 4.60. The van der Waals surface area contributed by atoms with E-state index in [1.54, 1.807) is 17.6 Å². The molecule has 3 aromatic heterocycles. The average Bonchev–Trinajstić information content (AvgIpc) is 3.04. The van der Waals surface area contributed by atoms with Gasteiger partial charge in [-0.3, -0.25) is 0 Å². The number of hydrogen-bond donors (Lipinski definition) is 1. The van der Waals surface area contributed by atoms with Crippen molar-refractivity contribution in [1.82, 2.24) is 9.97 Å². The zero-order chi connectivity index (χ0) is 14.1. The van der Waals surface area contributed by atoms with Gasteiger partial charge in [-0.25, -0.2) is 9.97 Å². The van der Waals surface area contributed by atoms with Crippen LogP contribution in [0.4, 0.5) is 5.82 Å². The lowest BCUT2D eigenvalue weighted by atomic mass is 10.2. The number of nitrogens with one attached hydrogen (secondary N) is 1. The molecule has 0 saturated heterocycles. The highest BCUT2D eigenvalue weighted by Crippen LogP contribution is 2.32. The van der Waals surface area contributed by atoms with Crippen molar-refractivity contribution in [2.45, 2.75) is 27.2 Å². The van der Waals surface area contributed by atoms with E-state index in [2.05, 4.69) is 30.2 Å². The molecule has 0 fully saturated rings. The van der Waals surface area contributed by atoms with Crippen molar-refractivity contribution in [3.05, 3.63) is 29.0 Å². The lowest BCUT2D eigenvalue weighted by molar-refractivity contribution is 0.535. The zero-order valence-corrected chi connectivity index (χ0v) is 12.7. The molecule has 0 spiro atoms. The minimum absolute atomic E-state index is 0.726. The molecule has 0 aliphatic heterocycles. The Bertz CT molecular complexity index is 745. The van der Waals surface area contributed by atoms with Crippen LogP contribution in [0.5, 0.6) is 0 Å². The maximum absolute atomic E-state index is 5.36. The number of rotatable bonds is 4. The number of fused-ring (bicyclic) bond motifs is 1. The van der Waals surface area contributed by atoms with E-state index in [0.29, 0.717) is 0 Å². The number of aryl methyl sites for hydroxylation is 2. The topological polar surface area (TPSA) is 51.0 Å². The van der Waals surface area contributed by atoms with Gasteiger partial charge in [0.05, 0.1) is 17.2 Å². The van der Waals surface area contributed by atoms with Gasteiger partial charge in [0.2, 0.25) is 0 Å². The number of thiophene rings is 1. The summed E-state index contributed by atoms with van der Waals surface area (Å²) in [6.07, 6.45) is 2.70. The number of nitrogens with zero attached hydrogens (tertiary/aromatic N) is 2. The second-order valence-corrected chi connectivity index (χ2v) is 5.72. The SMILES string of the molecule is CCNc1nc(-c2ccoc2C)nc2sc(CC)cc12.